The minimum Gasteiger partial charge on any atom is -0.306 e. The van der Waals surface area contributed by atoms with Crippen molar-refractivity contribution in [1.29, 1.82) is 5.26 Å². The second kappa shape index (κ2) is 12.4. The molecule has 0 aliphatic rings. The van der Waals surface area contributed by atoms with Crippen LogP contribution < -0.4 is 5.32 Å². The monoisotopic (exact) mass is 521 g/mol. The van der Waals surface area contributed by atoms with E-state index in [1.807, 2.05) is 0 Å². The van der Waals surface area contributed by atoms with Gasteiger partial charge in [-0.1, -0.05) is 18.7 Å². The van der Waals surface area contributed by atoms with E-state index in [4.69, 9.17) is 0 Å². The second-order valence-electron chi connectivity index (χ2n) is 8.71. The van der Waals surface area contributed by atoms with Crippen LogP contribution in [0.25, 0.3) is 22.8 Å². The first-order valence-electron chi connectivity index (χ1n) is 11.8. The summed E-state index contributed by atoms with van der Waals surface area (Å²) in [5.41, 5.74) is 3.85. The largest absolute Gasteiger partial charge is 0.403 e. The van der Waals surface area contributed by atoms with Gasteiger partial charge in [-0.3, -0.25) is 4.98 Å². The van der Waals surface area contributed by atoms with Gasteiger partial charge in [0.1, 0.15) is 17.9 Å². The number of halogens is 4. The Morgan fingerprint density at radius 2 is 1.89 bits per heavy atom. The fourth-order valence-electron chi connectivity index (χ4n) is 3.73. The highest BCUT2D eigenvalue weighted by molar-refractivity contribution is 6.03. The van der Waals surface area contributed by atoms with E-state index in [0.29, 0.717) is 45.8 Å². The number of rotatable bonds is 9. The summed E-state index contributed by atoms with van der Waals surface area (Å²) in [6, 6.07) is 8.62. The third-order valence-electron chi connectivity index (χ3n) is 5.95. The highest BCUT2D eigenvalue weighted by atomic mass is 19.4. The maximum absolute atomic E-state index is 14.7. The molecule has 1 aromatic carbocycles. The molecule has 5 nitrogen and oxygen atoms in total. The van der Waals surface area contributed by atoms with E-state index in [9.17, 15) is 22.8 Å². The molecule has 1 N–H and O–H groups in total. The number of benzene rings is 1. The lowest BCUT2D eigenvalue weighted by Crippen LogP contribution is -2.40. The van der Waals surface area contributed by atoms with Crippen LogP contribution in [-0.4, -0.2) is 33.7 Å². The molecule has 0 bridgehead atoms. The molecule has 0 saturated carbocycles. The minimum atomic E-state index is -4.32. The van der Waals surface area contributed by atoms with Crippen molar-refractivity contribution in [2.75, 3.05) is 6.54 Å². The van der Waals surface area contributed by atoms with Crippen LogP contribution >= 0.6 is 0 Å². The van der Waals surface area contributed by atoms with Crippen LogP contribution in [0.4, 0.5) is 17.6 Å². The summed E-state index contributed by atoms with van der Waals surface area (Å²) in [6.07, 6.45) is 3.90. The SMILES string of the molecule is C=Cc1cc(C)c(C(C#N)=C(C=C(C)c2ncccn2)c2ccc(CCNC(C)C(F)(F)F)cn2)cc1F. The Hall–Kier alpha value is -4.16. The minimum absolute atomic E-state index is 0.117. The molecule has 196 valence electrons. The zero-order valence-corrected chi connectivity index (χ0v) is 21.3. The summed E-state index contributed by atoms with van der Waals surface area (Å²) in [5, 5.41) is 12.6. The first-order chi connectivity index (χ1) is 18.0. The number of alkyl halides is 3. The van der Waals surface area contributed by atoms with Gasteiger partial charge in [-0.05, 0) is 86.3 Å². The van der Waals surface area contributed by atoms with Gasteiger partial charge in [0.05, 0.1) is 11.3 Å². The predicted octanol–water partition coefficient (Wildman–Crippen LogP) is 6.58. The maximum Gasteiger partial charge on any atom is 0.403 e. The van der Waals surface area contributed by atoms with Gasteiger partial charge in [-0.2, -0.15) is 18.4 Å². The molecule has 0 saturated heterocycles. The fraction of sp³-hybridized carbons (Fsp3) is 0.241. The molecule has 0 fully saturated rings. The van der Waals surface area contributed by atoms with Crippen LogP contribution in [0.2, 0.25) is 0 Å². The van der Waals surface area contributed by atoms with Gasteiger partial charge >= 0.3 is 6.18 Å². The molecular weight excluding hydrogens is 494 g/mol. The fourth-order valence-corrected chi connectivity index (χ4v) is 3.73. The topological polar surface area (TPSA) is 74.5 Å². The molecule has 0 aliphatic carbocycles. The molecule has 3 aromatic rings. The Morgan fingerprint density at radius 1 is 1.18 bits per heavy atom. The molecule has 1 atom stereocenters. The Labute approximate surface area is 219 Å². The number of aryl methyl sites for hydroxylation is 1. The quantitative estimate of drug-likeness (QED) is 0.196. The molecule has 2 aromatic heterocycles. The normalized spacial score (nSPS) is 13.5. The predicted molar refractivity (Wildman–Crippen MR) is 141 cm³/mol. The molecule has 0 radical (unpaired) electrons. The Kier molecular flexibility index (Phi) is 9.26. The van der Waals surface area contributed by atoms with Crippen LogP contribution in [-0.2, 0) is 6.42 Å². The average molecular weight is 522 g/mol. The Balaban J connectivity index is 2.05. The summed E-state index contributed by atoms with van der Waals surface area (Å²) in [7, 11) is 0. The van der Waals surface area contributed by atoms with E-state index in [-0.39, 0.29) is 12.1 Å². The highest BCUT2D eigenvalue weighted by Gasteiger charge is 2.35. The third-order valence-corrected chi connectivity index (χ3v) is 5.95. The summed E-state index contributed by atoms with van der Waals surface area (Å²) < 4.78 is 52.9. The van der Waals surface area contributed by atoms with Crippen LogP contribution in [0.15, 0.2) is 61.6 Å². The molecule has 0 spiro atoms. The molecule has 0 aliphatic heterocycles. The zero-order valence-electron chi connectivity index (χ0n) is 21.3. The van der Waals surface area contributed by atoms with E-state index in [2.05, 4.69) is 32.9 Å². The summed E-state index contributed by atoms with van der Waals surface area (Å²) in [4.78, 5) is 13.0. The second-order valence-corrected chi connectivity index (χ2v) is 8.71. The highest BCUT2D eigenvalue weighted by Crippen LogP contribution is 2.32. The number of aromatic nitrogens is 3. The lowest BCUT2D eigenvalue weighted by atomic mass is 9.92. The molecule has 3 rings (SSSR count). The first kappa shape index (κ1) is 28.4. The number of nitriles is 1. The van der Waals surface area contributed by atoms with Crippen molar-refractivity contribution in [1.82, 2.24) is 20.3 Å². The number of hydrogen-bond donors (Lipinski definition) is 1. The number of pyridine rings is 1. The van der Waals surface area contributed by atoms with Crippen molar-refractivity contribution in [3.8, 4) is 6.07 Å². The lowest BCUT2D eigenvalue weighted by Gasteiger charge is -2.17. The van der Waals surface area contributed by atoms with Crippen molar-refractivity contribution in [3.63, 3.8) is 0 Å². The summed E-state index contributed by atoms with van der Waals surface area (Å²) in [5.74, 6) is -0.0580. The van der Waals surface area contributed by atoms with Crippen molar-refractivity contribution < 1.29 is 17.6 Å². The first-order valence-corrected chi connectivity index (χ1v) is 11.8. The van der Waals surface area contributed by atoms with E-state index in [0.717, 1.165) is 12.5 Å². The van der Waals surface area contributed by atoms with E-state index in [1.54, 1.807) is 62.8 Å². The zero-order chi connectivity index (χ0) is 27.9. The molecule has 2 heterocycles. The van der Waals surface area contributed by atoms with Crippen LogP contribution in [0, 0.1) is 24.1 Å². The lowest BCUT2D eigenvalue weighted by molar-refractivity contribution is -0.151. The smallest absolute Gasteiger partial charge is 0.306 e. The van der Waals surface area contributed by atoms with E-state index in [1.165, 1.54) is 12.1 Å². The van der Waals surface area contributed by atoms with Crippen LogP contribution in [0.5, 0.6) is 0 Å². The summed E-state index contributed by atoms with van der Waals surface area (Å²) in [6.45, 7) is 8.38. The van der Waals surface area contributed by atoms with Gasteiger partial charge in [0.25, 0.3) is 0 Å². The van der Waals surface area contributed by atoms with Gasteiger partial charge < -0.3 is 5.32 Å². The number of nitrogens with zero attached hydrogens (tertiary/aromatic N) is 4. The molecule has 1 unspecified atom stereocenters. The Morgan fingerprint density at radius 3 is 2.47 bits per heavy atom. The van der Waals surface area contributed by atoms with Gasteiger partial charge in [0.2, 0.25) is 0 Å². The van der Waals surface area contributed by atoms with Crippen molar-refractivity contribution in [2.45, 2.75) is 39.4 Å². The number of hydrogen-bond acceptors (Lipinski definition) is 5. The summed E-state index contributed by atoms with van der Waals surface area (Å²) >= 11 is 0. The number of nitrogens with one attached hydrogen (secondary N) is 1. The number of allylic oxidation sites excluding steroid dienone is 4. The van der Waals surface area contributed by atoms with Crippen molar-refractivity contribution in [2.24, 2.45) is 0 Å². The van der Waals surface area contributed by atoms with Gasteiger partial charge in [-0.25, -0.2) is 14.4 Å². The maximum atomic E-state index is 14.7. The van der Waals surface area contributed by atoms with Crippen molar-refractivity contribution >= 4 is 22.8 Å². The molecule has 0 amide bonds. The molecule has 38 heavy (non-hydrogen) atoms. The molecule has 9 heteroatoms. The van der Waals surface area contributed by atoms with E-state index >= 15 is 0 Å². The van der Waals surface area contributed by atoms with E-state index < -0.39 is 18.0 Å². The average Bonchev–Trinajstić information content (AvgIpc) is 2.90. The van der Waals surface area contributed by atoms with Gasteiger partial charge in [-0.15, -0.1) is 0 Å². The van der Waals surface area contributed by atoms with Gasteiger partial charge in [0, 0.05) is 29.7 Å². The molecular formula is C29H27F4N5. The van der Waals surface area contributed by atoms with Crippen LogP contribution in [0.1, 0.15) is 47.6 Å². The standard InChI is InChI=1S/C29H27F4N5/c1-5-22-13-18(2)23(15-26(22)30)25(16-34)24(14-19(3)28-36-10-6-11-37-28)27-8-7-21(17-38-27)9-12-35-20(4)29(31,32)33/h5-8,10-11,13-15,17,20,35H,1,9,12H2,2-4H3. The van der Waals surface area contributed by atoms with Crippen LogP contribution in [0.3, 0.4) is 0 Å². The Bertz CT molecular complexity index is 1390. The van der Waals surface area contributed by atoms with Gasteiger partial charge in [0.15, 0.2) is 5.82 Å². The van der Waals surface area contributed by atoms with Crippen molar-refractivity contribution in [3.05, 3.63) is 101 Å². The third kappa shape index (κ3) is 6.99.